The van der Waals surface area contributed by atoms with Gasteiger partial charge in [0.2, 0.25) is 10.0 Å². The number of nitrogens with one attached hydrogen (secondary N) is 1. The number of rotatable bonds is 7. The molecule has 0 saturated heterocycles. The van der Waals surface area contributed by atoms with Crippen LogP contribution in [-0.2, 0) is 10.0 Å². The van der Waals surface area contributed by atoms with E-state index in [2.05, 4.69) is 25.8 Å². The number of sulfonamides is 1. The molecule has 0 bridgehead atoms. The summed E-state index contributed by atoms with van der Waals surface area (Å²) < 4.78 is 27.0. The van der Waals surface area contributed by atoms with Crippen LogP contribution < -0.4 is 10.5 Å². The summed E-state index contributed by atoms with van der Waals surface area (Å²) in [4.78, 5) is 0.221. The summed E-state index contributed by atoms with van der Waals surface area (Å²) in [6, 6.07) is 6.50. The third-order valence-electron chi connectivity index (χ3n) is 2.39. The molecular formula is C11H16BrN3O3S. The number of unbranched alkanes of at least 4 members (excludes halogenated alkanes) is 1. The van der Waals surface area contributed by atoms with Gasteiger partial charge in [-0.05, 0) is 31.0 Å². The Morgan fingerprint density at radius 2 is 2.16 bits per heavy atom. The highest BCUT2D eigenvalue weighted by Crippen LogP contribution is 2.15. The van der Waals surface area contributed by atoms with Gasteiger partial charge < -0.3 is 10.9 Å². The van der Waals surface area contributed by atoms with Gasteiger partial charge in [-0.1, -0.05) is 27.2 Å². The van der Waals surface area contributed by atoms with Crippen molar-refractivity contribution in [3.05, 3.63) is 28.7 Å². The zero-order chi connectivity index (χ0) is 14.3. The maximum atomic E-state index is 11.9. The van der Waals surface area contributed by atoms with Crippen molar-refractivity contribution in [2.75, 3.05) is 6.54 Å². The van der Waals surface area contributed by atoms with Gasteiger partial charge >= 0.3 is 0 Å². The Labute approximate surface area is 120 Å². The van der Waals surface area contributed by atoms with Gasteiger partial charge in [-0.3, -0.25) is 0 Å². The lowest BCUT2D eigenvalue weighted by molar-refractivity contribution is 0.316. The zero-order valence-corrected chi connectivity index (χ0v) is 12.6. The Morgan fingerprint density at radius 1 is 1.42 bits per heavy atom. The number of hydrogen-bond donors (Lipinski definition) is 3. The Balaban J connectivity index is 2.44. The minimum atomic E-state index is -3.48. The number of nitrogens with two attached hydrogens (primary N) is 1. The minimum absolute atomic E-state index is 0.148. The number of hydrogen-bond acceptors (Lipinski definition) is 4. The van der Waals surface area contributed by atoms with Crippen molar-refractivity contribution < 1.29 is 13.6 Å². The van der Waals surface area contributed by atoms with Crippen molar-refractivity contribution in [1.82, 2.24) is 4.72 Å². The first-order valence-electron chi connectivity index (χ1n) is 5.67. The largest absolute Gasteiger partial charge is 0.409 e. The highest BCUT2D eigenvalue weighted by atomic mass is 79.9. The van der Waals surface area contributed by atoms with E-state index in [1.165, 1.54) is 6.07 Å². The fourth-order valence-corrected chi connectivity index (χ4v) is 3.08. The van der Waals surface area contributed by atoms with Crippen molar-refractivity contribution >= 4 is 31.8 Å². The Hall–Kier alpha value is -1.12. The van der Waals surface area contributed by atoms with E-state index in [9.17, 15) is 8.42 Å². The van der Waals surface area contributed by atoms with Gasteiger partial charge in [0.25, 0.3) is 0 Å². The molecule has 106 valence electrons. The van der Waals surface area contributed by atoms with Crippen molar-refractivity contribution in [3.63, 3.8) is 0 Å². The fraction of sp³-hybridized carbons (Fsp3) is 0.364. The lowest BCUT2D eigenvalue weighted by atomic mass is 10.2. The second-order valence-electron chi connectivity index (χ2n) is 3.90. The molecule has 0 aromatic heterocycles. The van der Waals surface area contributed by atoms with Gasteiger partial charge in [0.15, 0.2) is 0 Å². The predicted molar refractivity (Wildman–Crippen MR) is 76.6 cm³/mol. The molecule has 0 spiro atoms. The second-order valence-corrected chi connectivity index (χ2v) is 6.59. The lowest BCUT2D eigenvalue weighted by Crippen LogP contribution is -2.25. The van der Waals surface area contributed by atoms with Crippen molar-refractivity contribution in [3.8, 4) is 0 Å². The van der Waals surface area contributed by atoms with Gasteiger partial charge in [-0.2, -0.15) is 0 Å². The molecule has 1 aromatic rings. The van der Waals surface area contributed by atoms with E-state index >= 15 is 0 Å². The molecule has 0 saturated carbocycles. The normalized spacial score (nSPS) is 12.6. The van der Waals surface area contributed by atoms with E-state index in [0.29, 0.717) is 30.3 Å². The number of benzene rings is 1. The van der Waals surface area contributed by atoms with E-state index < -0.39 is 10.0 Å². The molecule has 19 heavy (non-hydrogen) atoms. The van der Waals surface area contributed by atoms with E-state index in [-0.39, 0.29) is 10.7 Å². The molecule has 4 N–H and O–H groups in total. The van der Waals surface area contributed by atoms with Crippen molar-refractivity contribution in [1.29, 1.82) is 0 Å². The molecule has 0 fully saturated rings. The Bertz CT molecular complexity index is 546. The molecule has 0 aliphatic rings. The Kier molecular flexibility index (Phi) is 6.26. The first kappa shape index (κ1) is 15.9. The van der Waals surface area contributed by atoms with E-state index in [1.54, 1.807) is 18.2 Å². The topological polar surface area (TPSA) is 105 Å². The monoisotopic (exact) mass is 349 g/mol. The molecule has 0 amide bonds. The van der Waals surface area contributed by atoms with E-state index in [4.69, 9.17) is 10.9 Å². The Morgan fingerprint density at radius 3 is 2.79 bits per heavy atom. The SMILES string of the molecule is NC(CCCCNS(=O)(=O)c1cccc(Br)c1)=NO. The average molecular weight is 350 g/mol. The molecule has 1 rings (SSSR count). The van der Waals surface area contributed by atoms with Crippen LogP contribution >= 0.6 is 15.9 Å². The van der Waals surface area contributed by atoms with Gasteiger partial charge in [0.05, 0.1) is 4.90 Å². The van der Waals surface area contributed by atoms with Gasteiger partial charge in [-0.15, -0.1) is 0 Å². The van der Waals surface area contributed by atoms with Crippen LogP contribution in [0.5, 0.6) is 0 Å². The number of amidine groups is 1. The summed E-state index contributed by atoms with van der Waals surface area (Å²) in [5, 5.41) is 11.2. The standard InChI is InChI=1S/C11H16BrN3O3S/c12-9-4-3-5-10(8-9)19(17,18)14-7-2-1-6-11(13)15-16/h3-5,8,14,16H,1-2,6-7H2,(H2,13,15). The molecule has 1 aromatic carbocycles. The number of oxime groups is 1. The first-order chi connectivity index (χ1) is 8.95. The quantitative estimate of drug-likeness (QED) is 0.229. The first-order valence-corrected chi connectivity index (χ1v) is 7.95. The van der Waals surface area contributed by atoms with Crippen LogP contribution in [0.3, 0.4) is 0 Å². The number of nitrogens with zero attached hydrogens (tertiary/aromatic N) is 1. The lowest BCUT2D eigenvalue weighted by Gasteiger charge is -2.06. The van der Waals surface area contributed by atoms with Crippen molar-refractivity contribution in [2.24, 2.45) is 10.9 Å². The van der Waals surface area contributed by atoms with Gasteiger partial charge in [0.1, 0.15) is 5.84 Å². The molecule has 0 atom stereocenters. The molecule has 0 aliphatic carbocycles. The maximum Gasteiger partial charge on any atom is 0.240 e. The van der Waals surface area contributed by atoms with Crippen LogP contribution in [0.25, 0.3) is 0 Å². The fourth-order valence-electron chi connectivity index (χ4n) is 1.41. The third-order valence-corrected chi connectivity index (χ3v) is 4.34. The van der Waals surface area contributed by atoms with E-state index in [1.807, 2.05) is 0 Å². The van der Waals surface area contributed by atoms with E-state index in [0.717, 1.165) is 0 Å². The molecule has 0 aliphatic heterocycles. The maximum absolute atomic E-state index is 11.9. The summed E-state index contributed by atoms with van der Waals surface area (Å²) in [7, 11) is -3.48. The predicted octanol–water partition coefficient (Wildman–Crippen LogP) is 1.64. The molecule has 0 unspecified atom stereocenters. The number of halogens is 1. The smallest absolute Gasteiger partial charge is 0.240 e. The summed E-state index contributed by atoms with van der Waals surface area (Å²) in [6.07, 6.45) is 1.70. The molecule has 0 heterocycles. The van der Waals surface area contributed by atoms with Crippen LogP contribution in [-0.4, -0.2) is 26.0 Å². The molecule has 0 radical (unpaired) electrons. The molecule has 8 heteroatoms. The molecule has 6 nitrogen and oxygen atoms in total. The molecular weight excluding hydrogens is 334 g/mol. The zero-order valence-electron chi connectivity index (χ0n) is 10.2. The highest BCUT2D eigenvalue weighted by Gasteiger charge is 2.12. The van der Waals surface area contributed by atoms with Gasteiger partial charge in [0, 0.05) is 17.4 Å². The van der Waals surface area contributed by atoms with Crippen LogP contribution in [0, 0.1) is 0 Å². The minimum Gasteiger partial charge on any atom is -0.409 e. The van der Waals surface area contributed by atoms with Crippen LogP contribution in [0.2, 0.25) is 0 Å². The average Bonchev–Trinajstić information content (AvgIpc) is 2.38. The van der Waals surface area contributed by atoms with Crippen LogP contribution in [0.4, 0.5) is 0 Å². The summed E-state index contributed by atoms with van der Waals surface area (Å²) in [5.41, 5.74) is 5.30. The summed E-state index contributed by atoms with van der Waals surface area (Å²) >= 11 is 3.23. The second kappa shape index (κ2) is 7.46. The van der Waals surface area contributed by atoms with Crippen molar-refractivity contribution in [2.45, 2.75) is 24.2 Å². The van der Waals surface area contributed by atoms with Gasteiger partial charge in [-0.25, -0.2) is 13.1 Å². The third kappa shape index (κ3) is 5.58. The summed E-state index contributed by atoms with van der Waals surface area (Å²) in [5.74, 6) is 0.148. The van der Waals surface area contributed by atoms with Crippen LogP contribution in [0.15, 0.2) is 38.8 Å². The summed E-state index contributed by atoms with van der Waals surface area (Å²) in [6.45, 7) is 0.313. The van der Waals surface area contributed by atoms with Crippen LogP contribution in [0.1, 0.15) is 19.3 Å². The highest BCUT2D eigenvalue weighted by molar-refractivity contribution is 9.10.